The maximum atomic E-state index is 13.6. The molecule has 118 valence electrons. The van der Waals surface area contributed by atoms with Gasteiger partial charge in [-0.2, -0.15) is 0 Å². The first kappa shape index (κ1) is 15.9. The van der Waals surface area contributed by atoms with E-state index in [1.54, 1.807) is 19.4 Å². The van der Waals surface area contributed by atoms with Crippen LogP contribution in [-0.4, -0.2) is 26.7 Å². The summed E-state index contributed by atoms with van der Waals surface area (Å²) in [5, 5.41) is 6.31. The van der Waals surface area contributed by atoms with Gasteiger partial charge < -0.3 is 19.8 Å². The summed E-state index contributed by atoms with van der Waals surface area (Å²) in [6, 6.07) is 8.66. The molecule has 1 aromatic heterocycles. The number of nitrogens with one attached hydrogen (secondary N) is 2. The highest BCUT2D eigenvalue weighted by Gasteiger charge is 2.04. The molecule has 0 radical (unpaired) electrons. The van der Waals surface area contributed by atoms with Crippen LogP contribution in [0.1, 0.15) is 11.3 Å². The van der Waals surface area contributed by atoms with Crippen molar-refractivity contribution in [1.82, 2.24) is 10.6 Å². The van der Waals surface area contributed by atoms with E-state index in [2.05, 4.69) is 15.6 Å². The second-order valence-corrected chi connectivity index (χ2v) is 4.65. The quantitative estimate of drug-likeness (QED) is 0.635. The minimum atomic E-state index is -0.373. The van der Waals surface area contributed by atoms with Crippen LogP contribution >= 0.6 is 0 Å². The molecule has 0 spiro atoms. The Morgan fingerprint density at radius 1 is 1.32 bits per heavy atom. The maximum absolute atomic E-state index is 13.6. The molecule has 0 atom stereocenters. The van der Waals surface area contributed by atoms with Gasteiger partial charge in [0.15, 0.2) is 17.5 Å². The number of benzene rings is 1. The number of hydrogen-bond acceptors (Lipinski definition) is 3. The molecule has 0 aliphatic carbocycles. The fourth-order valence-corrected chi connectivity index (χ4v) is 1.99. The normalized spacial score (nSPS) is 11.3. The van der Waals surface area contributed by atoms with Crippen molar-refractivity contribution in [2.45, 2.75) is 13.0 Å². The van der Waals surface area contributed by atoms with Gasteiger partial charge in [0.2, 0.25) is 0 Å². The Hall–Kier alpha value is -2.50. The molecular formula is C16H20FN3O2. The Balaban J connectivity index is 1.79. The van der Waals surface area contributed by atoms with Gasteiger partial charge in [-0.15, -0.1) is 0 Å². The Kier molecular flexibility index (Phi) is 5.82. The number of aliphatic imine (C=N–C) groups is 1. The molecule has 0 aliphatic heterocycles. The molecule has 0 amide bonds. The largest absolute Gasteiger partial charge is 0.494 e. The second-order valence-electron chi connectivity index (χ2n) is 4.65. The summed E-state index contributed by atoms with van der Waals surface area (Å²) < 4.78 is 23.8. The predicted molar refractivity (Wildman–Crippen MR) is 83.6 cm³/mol. The number of furan rings is 1. The molecule has 0 saturated carbocycles. The van der Waals surface area contributed by atoms with Gasteiger partial charge >= 0.3 is 0 Å². The lowest BCUT2D eigenvalue weighted by atomic mass is 10.2. The van der Waals surface area contributed by atoms with Crippen LogP contribution in [0.25, 0.3) is 0 Å². The van der Waals surface area contributed by atoms with E-state index in [1.165, 1.54) is 13.2 Å². The third-order valence-electron chi connectivity index (χ3n) is 3.14. The molecule has 6 heteroatoms. The van der Waals surface area contributed by atoms with E-state index in [0.717, 1.165) is 17.7 Å². The van der Waals surface area contributed by atoms with E-state index >= 15 is 0 Å². The lowest BCUT2D eigenvalue weighted by Crippen LogP contribution is -2.37. The molecule has 2 N–H and O–H groups in total. The van der Waals surface area contributed by atoms with Gasteiger partial charge in [0.25, 0.3) is 0 Å². The first-order chi connectivity index (χ1) is 10.7. The molecule has 1 aromatic carbocycles. The zero-order valence-electron chi connectivity index (χ0n) is 12.7. The third-order valence-corrected chi connectivity index (χ3v) is 3.14. The van der Waals surface area contributed by atoms with E-state index < -0.39 is 0 Å². The van der Waals surface area contributed by atoms with Gasteiger partial charge in [-0.05, 0) is 29.8 Å². The molecule has 0 aliphatic rings. The smallest absolute Gasteiger partial charge is 0.191 e. The number of methoxy groups -OCH3 is 1. The SMILES string of the molecule is CN=C(NCCc1ccco1)NCc1ccc(OC)c(F)c1. The molecule has 2 rings (SSSR count). The standard InChI is InChI=1S/C16H20FN3O2/c1-18-16(19-8-7-13-4-3-9-22-13)20-11-12-5-6-15(21-2)14(17)10-12/h3-6,9-10H,7-8,11H2,1-2H3,(H2,18,19,20). The van der Waals surface area contributed by atoms with Crippen LogP contribution in [0.15, 0.2) is 46.0 Å². The Labute approximate surface area is 129 Å². The van der Waals surface area contributed by atoms with Crippen molar-refractivity contribution in [1.29, 1.82) is 0 Å². The van der Waals surface area contributed by atoms with E-state index in [1.807, 2.05) is 18.2 Å². The third kappa shape index (κ3) is 4.51. The second kappa shape index (κ2) is 8.07. The van der Waals surface area contributed by atoms with Crippen LogP contribution in [0.2, 0.25) is 0 Å². The molecule has 1 heterocycles. The molecule has 5 nitrogen and oxygen atoms in total. The fraction of sp³-hybridized carbons (Fsp3) is 0.312. The number of ether oxygens (including phenoxy) is 1. The molecule has 0 fully saturated rings. The lowest BCUT2D eigenvalue weighted by molar-refractivity contribution is 0.386. The number of nitrogens with zero attached hydrogens (tertiary/aromatic N) is 1. The van der Waals surface area contributed by atoms with Crippen molar-refractivity contribution < 1.29 is 13.5 Å². The first-order valence-electron chi connectivity index (χ1n) is 7.02. The lowest BCUT2D eigenvalue weighted by Gasteiger charge is -2.12. The summed E-state index contributed by atoms with van der Waals surface area (Å²) in [6.07, 6.45) is 2.42. The number of rotatable bonds is 6. The fourth-order valence-electron chi connectivity index (χ4n) is 1.99. The topological polar surface area (TPSA) is 58.8 Å². The van der Waals surface area contributed by atoms with Crippen molar-refractivity contribution in [3.63, 3.8) is 0 Å². The maximum Gasteiger partial charge on any atom is 0.191 e. The number of guanidine groups is 1. The summed E-state index contributed by atoms with van der Waals surface area (Å²) in [7, 11) is 3.14. The minimum Gasteiger partial charge on any atom is -0.494 e. The zero-order valence-corrected chi connectivity index (χ0v) is 12.7. The van der Waals surface area contributed by atoms with Gasteiger partial charge in [0.1, 0.15) is 5.76 Å². The van der Waals surface area contributed by atoms with Crippen molar-refractivity contribution in [2.24, 2.45) is 4.99 Å². The highest BCUT2D eigenvalue weighted by Crippen LogP contribution is 2.17. The van der Waals surface area contributed by atoms with E-state index in [9.17, 15) is 4.39 Å². The average Bonchev–Trinajstić information content (AvgIpc) is 3.04. The molecule has 0 unspecified atom stereocenters. The van der Waals surface area contributed by atoms with Crippen LogP contribution < -0.4 is 15.4 Å². The van der Waals surface area contributed by atoms with Crippen LogP contribution in [0, 0.1) is 5.82 Å². The van der Waals surface area contributed by atoms with E-state index in [0.29, 0.717) is 19.0 Å². The highest BCUT2D eigenvalue weighted by molar-refractivity contribution is 5.79. The van der Waals surface area contributed by atoms with Crippen molar-refractivity contribution in [3.8, 4) is 5.75 Å². The van der Waals surface area contributed by atoms with Crippen LogP contribution in [0.3, 0.4) is 0 Å². The van der Waals surface area contributed by atoms with Gasteiger partial charge in [-0.25, -0.2) is 4.39 Å². The summed E-state index contributed by atoms with van der Waals surface area (Å²) >= 11 is 0. The average molecular weight is 305 g/mol. The van der Waals surface area contributed by atoms with Gasteiger partial charge in [-0.1, -0.05) is 6.07 Å². The van der Waals surface area contributed by atoms with Crippen LogP contribution in [-0.2, 0) is 13.0 Å². The Morgan fingerprint density at radius 2 is 2.18 bits per heavy atom. The molecule has 0 saturated heterocycles. The van der Waals surface area contributed by atoms with Gasteiger partial charge in [-0.3, -0.25) is 4.99 Å². The molecule has 0 bridgehead atoms. The zero-order chi connectivity index (χ0) is 15.8. The summed E-state index contributed by atoms with van der Waals surface area (Å²) in [5.74, 6) is 1.44. The van der Waals surface area contributed by atoms with Crippen LogP contribution in [0.5, 0.6) is 5.75 Å². The summed E-state index contributed by atoms with van der Waals surface area (Å²) in [6.45, 7) is 1.17. The summed E-state index contributed by atoms with van der Waals surface area (Å²) in [4.78, 5) is 4.12. The van der Waals surface area contributed by atoms with E-state index in [4.69, 9.17) is 9.15 Å². The predicted octanol–water partition coefficient (Wildman–Crippen LogP) is 2.34. The summed E-state index contributed by atoms with van der Waals surface area (Å²) in [5.41, 5.74) is 0.812. The Bertz CT molecular complexity index is 612. The monoisotopic (exact) mass is 305 g/mol. The number of halogens is 1. The first-order valence-corrected chi connectivity index (χ1v) is 7.02. The Morgan fingerprint density at radius 3 is 2.82 bits per heavy atom. The molecule has 22 heavy (non-hydrogen) atoms. The van der Waals surface area contributed by atoms with Crippen molar-refractivity contribution in [3.05, 3.63) is 53.7 Å². The minimum absolute atomic E-state index is 0.240. The van der Waals surface area contributed by atoms with Crippen molar-refractivity contribution in [2.75, 3.05) is 20.7 Å². The van der Waals surface area contributed by atoms with Crippen molar-refractivity contribution >= 4 is 5.96 Å². The van der Waals surface area contributed by atoms with Gasteiger partial charge in [0.05, 0.1) is 13.4 Å². The molecule has 2 aromatic rings. The number of hydrogen-bond donors (Lipinski definition) is 2. The van der Waals surface area contributed by atoms with Crippen LogP contribution in [0.4, 0.5) is 4.39 Å². The van der Waals surface area contributed by atoms with E-state index in [-0.39, 0.29) is 11.6 Å². The highest BCUT2D eigenvalue weighted by atomic mass is 19.1. The molecular weight excluding hydrogens is 285 g/mol. The van der Waals surface area contributed by atoms with Gasteiger partial charge in [0, 0.05) is 26.6 Å².